The van der Waals surface area contributed by atoms with E-state index < -0.39 is 0 Å². The lowest BCUT2D eigenvalue weighted by atomic mass is 9.78. The van der Waals surface area contributed by atoms with E-state index in [-0.39, 0.29) is 23.0 Å². The first kappa shape index (κ1) is 19.9. The number of rotatable bonds is 8. The van der Waals surface area contributed by atoms with E-state index >= 15 is 0 Å². The summed E-state index contributed by atoms with van der Waals surface area (Å²) in [7, 11) is 0. The van der Waals surface area contributed by atoms with Gasteiger partial charge in [-0.2, -0.15) is 5.06 Å². The largest absolute Gasteiger partial charge is 0.336 e. The average molecular weight is 322 g/mol. The normalized spacial score (nSPS) is 20.9. The van der Waals surface area contributed by atoms with Crippen LogP contribution in [0.25, 0.3) is 0 Å². The molecule has 1 aliphatic heterocycles. The lowest BCUT2D eigenvalue weighted by Gasteiger charge is -2.55. The van der Waals surface area contributed by atoms with Gasteiger partial charge in [0.15, 0.2) is 0 Å². The molecule has 1 rings (SSSR count). The van der Waals surface area contributed by atoms with Crippen LogP contribution in [0.1, 0.15) is 60.3 Å². The maximum absolute atomic E-state index is 12.3. The smallest absolute Gasteiger partial charge is 0.246 e. The Morgan fingerprint density at radius 2 is 1.83 bits per heavy atom. The molecular weight excluding hydrogens is 288 g/mol. The number of unbranched alkanes of at least 4 members (excludes halogenated alkanes) is 1. The van der Waals surface area contributed by atoms with Gasteiger partial charge in [-0.15, -0.1) is 6.58 Å². The van der Waals surface area contributed by atoms with Crippen molar-refractivity contribution in [2.75, 3.05) is 13.2 Å². The SMILES string of the molecule is C=CCON1C(C)(C)CC(N(CCCC)C(=O)C=C)CC1(C)C. The number of hydrogen-bond acceptors (Lipinski definition) is 3. The highest BCUT2D eigenvalue weighted by Gasteiger charge is 2.48. The molecule has 0 atom stereocenters. The lowest BCUT2D eigenvalue weighted by molar-refractivity contribution is -0.281. The summed E-state index contributed by atoms with van der Waals surface area (Å²) in [4.78, 5) is 20.3. The topological polar surface area (TPSA) is 32.8 Å². The van der Waals surface area contributed by atoms with Gasteiger partial charge < -0.3 is 4.90 Å². The molecule has 1 amide bonds. The Balaban J connectivity index is 3.00. The monoisotopic (exact) mass is 322 g/mol. The van der Waals surface area contributed by atoms with Crippen molar-refractivity contribution in [3.05, 3.63) is 25.3 Å². The average Bonchev–Trinajstić information content (AvgIpc) is 2.45. The van der Waals surface area contributed by atoms with E-state index in [0.717, 1.165) is 32.2 Å². The molecule has 1 heterocycles. The summed E-state index contributed by atoms with van der Waals surface area (Å²) in [5.74, 6) is 0.0375. The third-order valence-corrected chi connectivity index (χ3v) is 4.54. The molecule has 1 fully saturated rings. The van der Waals surface area contributed by atoms with Crippen molar-refractivity contribution in [2.45, 2.75) is 77.4 Å². The molecule has 0 aromatic heterocycles. The molecule has 4 nitrogen and oxygen atoms in total. The quantitative estimate of drug-likeness (QED) is 0.501. The molecule has 0 bridgehead atoms. The summed E-state index contributed by atoms with van der Waals surface area (Å²) in [6.45, 7) is 19.6. The van der Waals surface area contributed by atoms with Crippen LogP contribution in [0.3, 0.4) is 0 Å². The van der Waals surface area contributed by atoms with Gasteiger partial charge in [-0.1, -0.05) is 26.0 Å². The highest BCUT2D eigenvalue weighted by atomic mass is 16.7. The predicted octanol–water partition coefficient (Wildman–Crippen LogP) is 3.94. The predicted molar refractivity (Wildman–Crippen MR) is 96.0 cm³/mol. The minimum Gasteiger partial charge on any atom is -0.336 e. The first-order chi connectivity index (χ1) is 10.7. The Morgan fingerprint density at radius 3 is 2.26 bits per heavy atom. The number of piperidine rings is 1. The zero-order chi connectivity index (χ0) is 17.7. The van der Waals surface area contributed by atoms with Crippen LogP contribution in [0.2, 0.25) is 0 Å². The molecule has 0 aromatic carbocycles. The summed E-state index contributed by atoms with van der Waals surface area (Å²) < 4.78 is 0. The number of hydroxylamine groups is 2. The summed E-state index contributed by atoms with van der Waals surface area (Å²) in [5.41, 5.74) is -0.303. The number of nitrogens with zero attached hydrogens (tertiary/aromatic N) is 2. The minimum atomic E-state index is -0.151. The zero-order valence-electron chi connectivity index (χ0n) is 15.6. The summed E-state index contributed by atoms with van der Waals surface area (Å²) >= 11 is 0. The first-order valence-electron chi connectivity index (χ1n) is 8.66. The van der Waals surface area contributed by atoms with Crippen molar-refractivity contribution in [3.63, 3.8) is 0 Å². The Kier molecular flexibility index (Phi) is 7.02. The van der Waals surface area contributed by atoms with Gasteiger partial charge in [0.05, 0.1) is 6.61 Å². The molecule has 132 valence electrons. The Hall–Kier alpha value is -1.13. The second kappa shape index (κ2) is 8.11. The molecule has 4 heteroatoms. The molecule has 0 N–H and O–H groups in total. The Morgan fingerprint density at radius 1 is 1.26 bits per heavy atom. The van der Waals surface area contributed by atoms with Gasteiger partial charge in [-0.3, -0.25) is 9.63 Å². The summed E-state index contributed by atoms with van der Waals surface area (Å²) in [5, 5.41) is 2.09. The van der Waals surface area contributed by atoms with Gasteiger partial charge in [0.2, 0.25) is 5.91 Å². The third kappa shape index (κ3) is 4.92. The zero-order valence-corrected chi connectivity index (χ0v) is 15.6. The van der Waals surface area contributed by atoms with Crippen LogP contribution >= 0.6 is 0 Å². The van der Waals surface area contributed by atoms with Gasteiger partial charge in [0.25, 0.3) is 0 Å². The second-order valence-electron chi connectivity index (χ2n) is 7.66. The van der Waals surface area contributed by atoms with E-state index in [1.54, 1.807) is 6.08 Å². The van der Waals surface area contributed by atoms with Gasteiger partial charge in [0.1, 0.15) is 0 Å². The van der Waals surface area contributed by atoms with Gasteiger partial charge in [0, 0.05) is 23.7 Å². The van der Waals surface area contributed by atoms with Crippen LogP contribution in [-0.4, -0.2) is 46.1 Å². The van der Waals surface area contributed by atoms with E-state index in [0.29, 0.717) is 6.61 Å². The molecule has 0 unspecified atom stereocenters. The van der Waals surface area contributed by atoms with Crippen LogP contribution in [0.15, 0.2) is 25.3 Å². The number of hydrogen-bond donors (Lipinski definition) is 0. The van der Waals surface area contributed by atoms with E-state index in [1.807, 2.05) is 4.90 Å². The van der Waals surface area contributed by atoms with Crippen LogP contribution in [0.5, 0.6) is 0 Å². The van der Waals surface area contributed by atoms with E-state index in [1.165, 1.54) is 6.08 Å². The molecule has 0 aromatic rings. The lowest BCUT2D eigenvalue weighted by Crippen LogP contribution is -2.64. The van der Waals surface area contributed by atoms with E-state index in [2.05, 4.69) is 52.8 Å². The highest BCUT2D eigenvalue weighted by molar-refractivity contribution is 5.87. The fourth-order valence-electron chi connectivity index (χ4n) is 3.83. The van der Waals surface area contributed by atoms with E-state index in [4.69, 9.17) is 4.84 Å². The van der Waals surface area contributed by atoms with Crippen molar-refractivity contribution < 1.29 is 9.63 Å². The fraction of sp³-hybridized carbons (Fsp3) is 0.737. The molecule has 0 aliphatic carbocycles. The molecule has 23 heavy (non-hydrogen) atoms. The number of carbonyl (C=O) groups is 1. The van der Waals surface area contributed by atoms with E-state index in [9.17, 15) is 4.79 Å². The van der Waals surface area contributed by atoms with Crippen LogP contribution in [0, 0.1) is 0 Å². The molecule has 0 radical (unpaired) electrons. The van der Waals surface area contributed by atoms with Crippen molar-refractivity contribution in [1.82, 2.24) is 9.96 Å². The van der Waals surface area contributed by atoms with Crippen LogP contribution in [0.4, 0.5) is 0 Å². The maximum Gasteiger partial charge on any atom is 0.246 e. The van der Waals surface area contributed by atoms with Crippen molar-refractivity contribution >= 4 is 5.91 Å². The molecule has 0 spiro atoms. The standard InChI is InChI=1S/C19H34N2O2/c1-8-11-12-20(17(22)10-3)16-14-18(4,5)21(23-13-9-2)19(6,7)15-16/h9-10,16H,2-3,8,11-15H2,1,4-7H3. The maximum atomic E-state index is 12.3. The fourth-order valence-corrected chi connectivity index (χ4v) is 3.83. The number of amides is 1. The summed E-state index contributed by atoms with van der Waals surface area (Å²) in [6, 6.07) is 0.209. The minimum absolute atomic E-state index is 0.0375. The molecule has 0 saturated carbocycles. The Bertz CT molecular complexity index is 411. The highest BCUT2D eigenvalue weighted by Crippen LogP contribution is 2.40. The van der Waals surface area contributed by atoms with Crippen molar-refractivity contribution in [1.29, 1.82) is 0 Å². The number of carbonyl (C=O) groups excluding carboxylic acids is 1. The molecule has 1 saturated heterocycles. The third-order valence-electron chi connectivity index (χ3n) is 4.54. The molecule has 1 aliphatic rings. The first-order valence-corrected chi connectivity index (χ1v) is 8.66. The van der Waals surface area contributed by atoms with Crippen LogP contribution < -0.4 is 0 Å². The summed E-state index contributed by atoms with van der Waals surface area (Å²) in [6.07, 6.45) is 7.08. The van der Waals surface area contributed by atoms with Crippen molar-refractivity contribution in [3.8, 4) is 0 Å². The van der Waals surface area contributed by atoms with Gasteiger partial charge >= 0.3 is 0 Å². The molecular formula is C19H34N2O2. The van der Waals surface area contributed by atoms with Crippen LogP contribution in [-0.2, 0) is 9.63 Å². The van der Waals surface area contributed by atoms with Crippen molar-refractivity contribution in [2.24, 2.45) is 0 Å². The van der Waals surface area contributed by atoms with Gasteiger partial charge in [-0.25, -0.2) is 0 Å². The van der Waals surface area contributed by atoms with Gasteiger partial charge in [-0.05, 0) is 53.0 Å². The second-order valence-corrected chi connectivity index (χ2v) is 7.66. The Labute approximate surface area is 142 Å².